The van der Waals surface area contributed by atoms with Crippen LogP contribution in [0.1, 0.15) is 29.8 Å². The van der Waals surface area contributed by atoms with Crippen molar-refractivity contribution in [2.75, 3.05) is 26.2 Å². The van der Waals surface area contributed by atoms with E-state index in [0.717, 1.165) is 5.56 Å². The summed E-state index contributed by atoms with van der Waals surface area (Å²) in [6, 6.07) is 1.74. The fourth-order valence-electron chi connectivity index (χ4n) is 2.62. The molecule has 0 saturated carbocycles. The van der Waals surface area contributed by atoms with Gasteiger partial charge in [0.15, 0.2) is 0 Å². The van der Waals surface area contributed by atoms with Gasteiger partial charge in [-0.25, -0.2) is 0 Å². The molecule has 1 atom stereocenters. The molecule has 0 radical (unpaired) electrons. The number of nitrogens with zero attached hydrogens (tertiary/aromatic N) is 3. The van der Waals surface area contributed by atoms with E-state index in [1.165, 1.54) is 11.1 Å². The molecule has 1 saturated heterocycles. The molecule has 1 aromatic heterocycles. The smallest absolute Gasteiger partial charge is 0.255 e. The zero-order valence-corrected chi connectivity index (χ0v) is 13.3. The Morgan fingerprint density at radius 3 is 2.77 bits per heavy atom. The van der Waals surface area contributed by atoms with E-state index in [2.05, 4.69) is 4.98 Å². The van der Waals surface area contributed by atoms with Gasteiger partial charge in [0, 0.05) is 32.0 Å². The van der Waals surface area contributed by atoms with Crippen LogP contribution >= 0.6 is 0 Å². The summed E-state index contributed by atoms with van der Waals surface area (Å²) < 4.78 is 0. The maximum absolute atomic E-state index is 12.5. The van der Waals surface area contributed by atoms with Gasteiger partial charge in [-0.2, -0.15) is 0 Å². The second-order valence-corrected chi connectivity index (χ2v) is 6.28. The number of amides is 2. The molecular formula is C16H23N3O3. The number of rotatable bonds is 3. The van der Waals surface area contributed by atoms with Crippen molar-refractivity contribution in [1.29, 1.82) is 0 Å². The van der Waals surface area contributed by atoms with E-state index in [1.807, 2.05) is 20.8 Å². The molecule has 1 N–H and O–H groups in total. The summed E-state index contributed by atoms with van der Waals surface area (Å²) in [6.45, 7) is 6.91. The van der Waals surface area contributed by atoms with Crippen LogP contribution in [0.5, 0.6) is 0 Å². The van der Waals surface area contributed by atoms with Crippen molar-refractivity contribution in [3.05, 3.63) is 29.6 Å². The number of aliphatic hydroxyl groups is 1. The molecule has 1 fully saturated rings. The first kappa shape index (κ1) is 16.4. The molecule has 1 aliphatic rings. The van der Waals surface area contributed by atoms with Crippen molar-refractivity contribution in [2.45, 2.75) is 26.9 Å². The quantitative estimate of drug-likeness (QED) is 0.892. The summed E-state index contributed by atoms with van der Waals surface area (Å²) >= 11 is 0. The Hall–Kier alpha value is -1.95. The largest absolute Gasteiger partial charge is 0.389 e. The predicted octanol–water partition coefficient (Wildman–Crippen LogP) is 0.691. The summed E-state index contributed by atoms with van der Waals surface area (Å²) in [5.41, 5.74) is 1.33. The number of pyridine rings is 1. The van der Waals surface area contributed by atoms with Gasteiger partial charge in [-0.05, 0) is 24.5 Å². The zero-order valence-electron chi connectivity index (χ0n) is 13.3. The van der Waals surface area contributed by atoms with Crippen LogP contribution in [-0.4, -0.2) is 64.0 Å². The summed E-state index contributed by atoms with van der Waals surface area (Å²) in [6.07, 6.45) is 2.43. The first-order valence-corrected chi connectivity index (χ1v) is 7.53. The molecule has 2 heterocycles. The van der Waals surface area contributed by atoms with Crippen LogP contribution in [0.25, 0.3) is 0 Å². The highest BCUT2D eigenvalue weighted by molar-refractivity contribution is 5.96. The molecular weight excluding hydrogens is 282 g/mol. The van der Waals surface area contributed by atoms with E-state index < -0.39 is 6.10 Å². The van der Waals surface area contributed by atoms with E-state index in [1.54, 1.807) is 17.2 Å². The number of hydrogen-bond acceptors (Lipinski definition) is 4. The Kier molecular flexibility index (Phi) is 5.13. The standard InChI is InChI=1S/C16H23N3O3/c1-11(2)7-18-8-14(20)9-19(10-15(18)21)16(22)13-4-12(3)5-17-6-13/h4-6,11,14,20H,7-10H2,1-3H3. The summed E-state index contributed by atoms with van der Waals surface area (Å²) in [5, 5.41) is 10.1. The Morgan fingerprint density at radius 1 is 1.41 bits per heavy atom. The highest BCUT2D eigenvalue weighted by Crippen LogP contribution is 2.12. The van der Waals surface area contributed by atoms with Gasteiger partial charge >= 0.3 is 0 Å². The minimum Gasteiger partial charge on any atom is -0.389 e. The van der Waals surface area contributed by atoms with Gasteiger partial charge in [0.05, 0.1) is 11.7 Å². The zero-order chi connectivity index (χ0) is 16.3. The lowest BCUT2D eigenvalue weighted by Gasteiger charge is -2.23. The highest BCUT2D eigenvalue weighted by Gasteiger charge is 2.30. The van der Waals surface area contributed by atoms with E-state index in [4.69, 9.17) is 0 Å². The van der Waals surface area contributed by atoms with Gasteiger partial charge < -0.3 is 14.9 Å². The molecule has 22 heavy (non-hydrogen) atoms. The average molecular weight is 305 g/mol. The third-order valence-electron chi connectivity index (χ3n) is 3.54. The maximum atomic E-state index is 12.5. The maximum Gasteiger partial charge on any atom is 0.255 e. The molecule has 0 aliphatic carbocycles. The van der Waals surface area contributed by atoms with Gasteiger partial charge in [0.2, 0.25) is 5.91 Å². The molecule has 1 unspecified atom stereocenters. The molecule has 0 bridgehead atoms. The Bertz CT molecular complexity index is 559. The van der Waals surface area contributed by atoms with Crippen molar-refractivity contribution >= 4 is 11.8 Å². The number of carbonyl (C=O) groups is 2. The van der Waals surface area contributed by atoms with Crippen LogP contribution in [0, 0.1) is 12.8 Å². The first-order chi connectivity index (χ1) is 10.4. The van der Waals surface area contributed by atoms with Crippen LogP contribution < -0.4 is 0 Å². The van der Waals surface area contributed by atoms with Gasteiger partial charge in [0.25, 0.3) is 5.91 Å². The predicted molar refractivity (Wildman–Crippen MR) is 82.3 cm³/mol. The summed E-state index contributed by atoms with van der Waals surface area (Å²) in [7, 11) is 0. The topological polar surface area (TPSA) is 73.7 Å². The first-order valence-electron chi connectivity index (χ1n) is 7.53. The minimum absolute atomic E-state index is 0.00342. The van der Waals surface area contributed by atoms with Crippen LogP contribution in [-0.2, 0) is 4.79 Å². The lowest BCUT2D eigenvalue weighted by Crippen LogP contribution is -2.40. The molecule has 2 amide bonds. The van der Waals surface area contributed by atoms with Crippen molar-refractivity contribution < 1.29 is 14.7 Å². The highest BCUT2D eigenvalue weighted by atomic mass is 16.3. The second-order valence-electron chi connectivity index (χ2n) is 6.28. The molecule has 1 aromatic rings. The number of aliphatic hydroxyl groups excluding tert-OH is 1. The van der Waals surface area contributed by atoms with Gasteiger partial charge in [-0.3, -0.25) is 14.6 Å². The van der Waals surface area contributed by atoms with Crippen LogP contribution in [0.3, 0.4) is 0 Å². The van der Waals surface area contributed by atoms with Crippen LogP contribution in [0.15, 0.2) is 18.5 Å². The monoisotopic (exact) mass is 305 g/mol. The Balaban J connectivity index is 2.15. The number of aromatic nitrogens is 1. The fraction of sp³-hybridized carbons (Fsp3) is 0.562. The molecule has 6 heteroatoms. The molecule has 1 aliphatic heterocycles. The average Bonchev–Trinajstić information content (AvgIpc) is 2.57. The molecule has 6 nitrogen and oxygen atoms in total. The summed E-state index contributed by atoms with van der Waals surface area (Å²) in [5.74, 6) is -0.0754. The third kappa shape index (κ3) is 4.04. The Labute approximate surface area is 130 Å². The van der Waals surface area contributed by atoms with Gasteiger partial charge in [-0.15, -0.1) is 0 Å². The van der Waals surface area contributed by atoms with E-state index in [0.29, 0.717) is 18.0 Å². The van der Waals surface area contributed by atoms with Crippen LogP contribution in [0.4, 0.5) is 0 Å². The van der Waals surface area contributed by atoms with Gasteiger partial charge in [-0.1, -0.05) is 13.8 Å². The molecule has 120 valence electrons. The van der Waals surface area contributed by atoms with E-state index >= 15 is 0 Å². The number of hydrogen-bond donors (Lipinski definition) is 1. The van der Waals surface area contributed by atoms with Crippen molar-refractivity contribution in [3.63, 3.8) is 0 Å². The van der Waals surface area contributed by atoms with E-state index in [-0.39, 0.29) is 31.4 Å². The molecule has 0 spiro atoms. The van der Waals surface area contributed by atoms with E-state index in [9.17, 15) is 14.7 Å². The number of β-amino-alcohol motifs (C(OH)–C–C–N with tert-alkyl or cyclic N) is 1. The fourth-order valence-corrected chi connectivity index (χ4v) is 2.62. The number of aryl methyl sites for hydroxylation is 1. The van der Waals surface area contributed by atoms with Crippen molar-refractivity contribution in [3.8, 4) is 0 Å². The van der Waals surface area contributed by atoms with Crippen LogP contribution in [0.2, 0.25) is 0 Å². The lowest BCUT2D eigenvalue weighted by atomic mass is 10.2. The molecule has 0 aromatic carbocycles. The summed E-state index contributed by atoms with van der Waals surface area (Å²) in [4.78, 5) is 31.9. The third-order valence-corrected chi connectivity index (χ3v) is 3.54. The lowest BCUT2D eigenvalue weighted by molar-refractivity contribution is -0.131. The number of carbonyl (C=O) groups excluding carboxylic acids is 2. The minimum atomic E-state index is -0.730. The SMILES string of the molecule is Cc1cncc(C(=O)N2CC(=O)N(CC(C)C)CC(O)C2)c1. The van der Waals surface area contributed by atoms with Crippen molar-refractivity contribution in [2.24, 2.45) is 5.92 Å². The van der Waals surface area contributed by atoms with Crippen molar-refractivity contribution in [1.82, 2.24) is 14.8 Å². The molecule has 2 rings (SSSR count). The normalized spacial score (nSPS) is 19.5. The van der Waals surface area contributed by atoms with Gasteiger partial charge in [0.1, 0.15) is 6.54 Å². The second kappa shape index (κ2) is 6.87. The Morgan fingerprint density at radius 2 is 2.14 bits per heavy atom.